The molecule has 0 spiro atoms. The number of nitrogens with one attached hydrogen (secondary N) is 2. The molecule has 1 aromatic carbocycles. The largest absolute Gasteiger partial charge is 0.393 e. The smallest absolute Gasteiger partial charge is 0.251 e. The van der Waals surface area contributed by atoms with Crippen LogP contribution in [0.5, 0.6) is 0 Å². The monoisotopic (exact) mass is 324 g/mol. The fourth-order valence-corrected chi connectivity index (χ4v) is 2.04. The Morgan fingerprint density at radius 3 is 2.35 bits per heavy atom. The van der Waals surface area contributed by atoms with Crippen LogP contribution in [0.25, 0.3) is 0 Å². The predicted molar refractivity (Wildman–Crippen MR) is 86.4 cm³/mol. The fraction of sp³-hybridized carbons (Fsp3) is 0.529. The number of hydrogen-bond acceptors (Lipinski definition) is 3. The van der Waals surface area contributed by atoms with E-state index in [4.69, 9.17) is 0 Å². The van der Waals surface area contributed by atoms with Gasteiger partial charge in [0.05, 0.1) is 6.10 Å². The Morgan fingerprint density at radius 1 is 1.22 bits per heavy atom. The van der Waals surface area contributed by atoms with E-state index < -0.39 is 23.9 Å². The standard InChI is InChI=1S/C17H25FN2O3/c1-4-14(21)9-10-19-17(23)15(11(2)3)20-16(22)12-5-7-13(18)8-6-12/h5-8,11,14-15,21H,4,9-10H2,1-3H3,(H,19,23)(H,20,22). The van der Waals surface area contributed by atoms with Gasteiger partial charge in [-0.25, -0.2) is 4.39 Å². The van der Waals surface area contributed by atoms with E-state index in [9.17, 15) is 19.1 Å². The first-order chi connectivity index (χ1) is 10.8. The first kappa shape index (κ1) is 19.1. The van der Waals surface area contributed by atoms with E-state index in [1.54, 1.807) is 0 Å². The number of hydrogen-bond donors (Lipinski definition) is 3. The molecule has 0 aromatic heterocycles. The van der Waals surface area contributed by atoms with Crippen molar-refractivity contribution < 1.29 is 19.1 Å². The summed E-state index contributed by atoms with van der Waals surface area (Å²) >= 11 is 0. The molecule has 0 aliphatic heterocycles. The first-order valence-corrected chi connectivity index (χ1v) is 7.87. The fourth-order valence-electron chi connectivity index (χ4n) is 2.04. The zero-order valence-corrected chi connectivity index (χ0v) is 13.8. The van der Waals surface area contributed by atoms with E-state index >= 15 is 0 Å². The van der Waals surface area contributed by atoms with Gasteiger partial charge in [-0.2, -0.15) is 0 Å². The highest BCUT2D eigenvalue weighted by Gasteiger charge is 2.24. The maximum Gasteiger partial charge on any atom is 0.251 e. The molecule has 5 nitrogen and oxygen atoms in total. The molecule has 128 valence electrons. The summed E-state index contributed by atoms with van der Waals surface area (Å²) < 4.78 is 12.9. The van der Waals surface area contributed by atoms with E-state index in [1.807, 2.05) is 20.8 Å². The molecule has 0 fully saturated rings. The van der Waals surface area contributed by atoms with Gasteiger partial charge in [-0.1, -0.05) is 20.8 Å². The van der Waals surface area contributed by atoms with Crippen molar-refractivity contribution >= 4 is 11.8 Å². The van der Waals surface area contributed by atoms with E-state index in [1.165, 1.54) is 24.3 Å². The SMILES string of the molecule is CCC(O)CCNC(=O)C(NC(=O)c1ccc(F)cc1)C(C)C. The summed E-state index contributed by atoms with van der Waals surface area (Å²) in [6.07, 6.45) is 0.658. The van der Waals surface area contributed by atoms with Crippen molar-refractivity contribution in [1.82, 2.24) is 10.6 Å². The van der Waals surface area contributed by atoms with Crippen molar-refractivity contribution in [2.24, 2.45) is 5.92 Å². The lowest BCUT2D eigenvalue weighted by Crippen LogP contribution is -2.50. The summed E-state index contributed by atoms with van der Waals surface area (Å²) in [6, 6.07) is 4.46. The van der Waals surface area contributed by atoms with Gasteiger partial charge in [-0.3, -0.25) is 9.59 Å². The summed E-state index contributed by atoms with van der Waals surface area (Å²) in [4.78, 5) is 24.4. The lowest BCUT2D eigenvalue weighted by Gasteiger charge is -2.22. The van der Waals surface area contributed by atoms with Gasteiger partial charge in [0, 0.05) is 12.1 Å². The summed E-state index contributed by atoms with van der Waals surface area (Å²) in [5, 5.41) is 14.9. The summed E-state index contributed by atoms with van der Waals surface area (Å²) in [7, 11) is 0. The lowest BCUT2D eigenvalue weighted by molar-refractivity contribution is -0.124. The number of rotatable bonds is 8. The molecule has 6 heteroatoms. The zero-order valence-electron chi connectivity index (χ0n) is 13.8. The Bertz CT molecular complexity index is 517. The Hall–Kier alpha value is -1.95. The maximum absolute atomic E-state index is 12.9. The first-order valence-electron chi connectivity index (χ1n) is 7.87. The van der Waals surface area contributed by atoms with Gasteiger partial charge in [-0.05, 0) is 43.0 Å². The van der Waals surface area contributed by atoms with E-state index in [-0.39, 0.29) is 11.8 Å². The van der Waals surface area contributed by atoms with Crippen LogP contribution in [0.15, 0.2) is 24.3 Å². The lowest BCUT2D eigenvalue weighted by atomic mass is 10.0. The van der Waals surface area contributed by atoms with Crippen LogP contribution in [0.4, 0.5) is 4.39 Å². The molecular weight excluding hydrogens is 299 g/mol. The molecule has 0 aliphatic rings. The predicted octanol–water partition coefficient (Wildman–Crippen LogP) is 1.86. The van der Waals surface area contributed by atoms with Gasteiger partial charge in [0.25, 0.3) is 5.91 Å². The molecule has 3 N–H and O–H groups in total. The molecule has 0 bridgehead atoms. The van der Waals surface area contributed by atoms with Gasteiger partial charge in [0.1, 0.15) is 11.9 Å². The molecule has 0 saturated heterocycles. The minimum Gasteiger partial charge on any atom is -0.393 e. The Balaban J connectivity index is 2.61. The van der Waals surface area contributed by atoms with Crippen LogP contribution < -0.4 is 10.6 Å². The average Bonchev–Trinajstić information content (AvgIpc) is 2.52. The second-order valence-electron chi connectivity index (χ2n) is 5.84. The average molecular weight is 324 g/mol. The Kier molecular flexibility index (Phi) is 7.68. The van der Waals surface area contributed by atoms with Crippen molar-refractivity contribution in [3.8, 4) is 0 Å². The van der Waals surface area contributed by atoms with E-state index in [2.05, 4.69) is 10.6 Å². The number of carbonyl (C=O) groups excluding carboxylic acids is 2. The molecule has 2 unspecified atom stereocenters. The van der Waals surface area contributed by atoms with Gasteiger partial charge < -0.3 is 15.7 Å². The minimum absolute atomic E-state index is 0.101. The third-order valence-electron chi connectivity index (χ3n) is 3.59. The highest BCUT2D eigenvalue weighted by Crippen LogP contribution is 2.07. The highest BCUT2D eigenvalue weighted by molar-refractivity contribution is 5.97. The number of aliphatic hydroxyl groups excluding tert-OH is 1. The number of halogens is 1. The molecule has 2 amide bonds. The minimum atomic E-state index is -0.689. The number of amides is 2. The molecule has 1 rings (SSSR count). The van der Waals surface area contributed by atoms with Crippen LogP contribution in [-0.2, 0) is 4.79 Å². The van der Waals surface area contributed by atoms with Crippen LogP contribution in [0, 0.1) is 11.7 Å². The zero-order chi connectivity index (χ0) is 17.4. The third kappa shape index (κ3) is 6.36. The van der Waals surface area contributed by atoms with Crippen molar-refractivity contribution in [1.29, 1.82) is 0 Å². The second kappa shape index (κ2) is 9.25. The van der Waals surface area contributed by atoms with Gasteiger partial charge >= 0.3 is 0 Å². The molecular formula is C17H25FN2O3. The summed E-state index contributed by atoms with van der Waals surface area (Å²) in [6.45, 7) is 5.88. The van der Waals surface area contributed by atoms with Crippen molar-refractivity contribution in [2.45, 2.75) is 45.8 Å². The van der Waals surface area contributed by atoms with Crippen LogP contribution in [0.3, 0.4) is 0 Å². The summed E-state index contributed by atoms with van der Waals surface area (Å²) in [5.74, 6) is -1.24. The number of carbonyl (C=O) groups is 2. The second-order valence-corrected chi connectivity index (χ2v) is 5.84. The topological polar surface area (TPSA) is 78.4 Å². The maximum atomic E-state index is 12.9. The van der Waals surface area contributed by atoms with Crippen LogP contribution in [-0.4, -0.2) is 35.6 Å². The molecule has 1 aromatic rings. The summed E-state index contributed by atoms with van der Waals surface area (Å²) in [5.41, 5.74) is 0.297. The molecule has 0 radical (unpaired) electrons. The van der Waals surface area contributed by atoms with E-state index in [0.29, 0.717) is 24.9 Å². The molecule has 0 aliphatic carbocycles. The van der Waals surface area contributed by atoms with Gasteiger partial charge in [0.2, 0.25) is 5.91 Å². The molecule has 23 heavy (non-hydrogen) atoms. The van der Waals surface area contributed by atoms with Crippen LogP contribution in [0.1, 0.15) is 44.0 Å². The highest BCUT2D eigenvalue weighted by atomic mass is 19.1. The normalized spacial score (nSPS) is 13.5. The molecule has 2 atom stereocenters. The number of aliphatic hydroxyl groups is 1. The number of benzene rings is 1. The van der Waals surface area contributed by atoms with E-state index in [0.717, 1.165) is 0 Å². The van der Waals surface area contributed by atoms with Gasteiger partial charge in [0.15, 0.2) is 0 Å². The molecule has 0 saturated carbocycles. The van der Waals surface area contributed by atoms with Crippen LogP contribution >= 0.6 is 0 Å². The third-order valence-corrected chi connectivity index (χ3v) is 3.59. The van der Waals surface area contributed by atoms with Crippen molar-refractivity contribution in [3.05, 3.63) is 35.6 Å². The van der Waals surface area contributed by atoms with Crippen molar-refractivity contribution in [3.63, 3.8) is 0 Å². The van der Waals surface area contributed by atoms with Gasteiger partial charge in [-0.15, -0.1) is 0 Å². The quantitative estimate of drug-likeness (QED) is 0.683. The van der Waals surface area contributed by atoms with Crippen LogP contribution in [0.2, 0.25) is 0 Å². The Morgan fingerprint density at radius 2 is 1.83 bits per heavy atom. The van der Waals surface area contributed by atoms with Crippen molar-refractivity contribution in [2.75, 3.05) is 6.54 Å². The molecule has 0 heterocycles. The Labute approximate surface area is 136 Å².